The van der Waals surface area contributed by atoms with Crippen LogP contribution in [0.1, 0.15) is 39.3 Å². The lowest BCUT2D eigenvalue weighted by molar-refractivity contribution is 0.983. The van der Waals surface area contributed by atoms with Crippen LogP contribution in [-0.4, -0.2) is 9.55 Å². The van der Waals surface area contributed by atoms with E-state index in [4.69, 9.17) is 0 Å². The second kappa shape index (κ2) is 14.6. The Balaban J connectivity index is 1.32. The van der Waals surface area contributed by atoms with E-state index in [1.54, 1.807) is 0 Å². The molecule has 0 saturated heterocycles. The molecule has 9 rings (SSSR count). The van der Waals surface area contributed by atoms with Gasteiger partial charge in [0.1, 0.15) is 6.33 Å². The van der Waals surface area contributed by atoms with Gasteiger partial charge in [0.25, 0.3) is 0 Å². The average Bonchev–Trinajstić information content (AvgIpc) is 3.67. The van der Waals surface area contributed by atoms with Crippen molar-refractivity contribution in [1.29, 1.82) is 0 Å². The van der Waals surface area contributed by atoms with Crippen molar-refractivity contribution in [2.75, 3.05) is 0 Å². The van der Waals surface area contributed by atoms with Crippen LogP contribution in [0.15, 0.2) is 194 Å². The molecule has 55 heavy (non-hydrogen) atoms. The van der Waals surface area contributed by atoms with Crippen molar-refractivity contribution in [2.24, 2.45) is 0 Å². The van der Waals surface area contributed by atoms with Crippen LogP contribution < -0.4 is 0 Å². The largest absolute Gasteiger partial charge is 0.299 e. The van der Waals surface area contributed by atoms with Crippen LogP contribution in [0.25, 0.3) is 61.2 Å². The number of hydrogen-bond donors (Lipinski definition) is 0. The number of benzene rings is 8. The SMILES string of the molecule is Cc1ccccc1-c1ccccc1C(c1ccccc1-c1ccccc1C)c1cccc(-c2ccc(-n3cnc4ccccc43)cc2)c1-c1ccccc1C. The lowest BCUT2D eigenvalue weighted by Gasteiger charge is -2.29. The second-order valence-corrected chi connectivity index (χ2v) is 14.5. The van der Waals surface area contributed by atoms with E-state index in [1.807, 2.05) is 12.4 Å². The number of hydrogen-bond acceptors (Lipinski definition) is 1. The summed E-state index contributed by atoms with van der Waals surface area (Å²) in [4.78, 5) is 4.66. The topological polar surface area (TPSA) is 17.8 Å². The van der Waals surface area contributed by atoms with Gasteiger partial charge < -0.3 is 0 Å². The highest BCUT2D eigenvalue weighted by atomic mass is 15.0. The third-order valence-electron chi connectivity index (χ3n) is 11.1. The minimum Gasteiger partial charge on any atom is -0.299 e. The first-order valence-corrected chi connectivity index (χ1v) is 19.1. The Kier molecular flexibility index (Phi) is 9.01. The van der Waals surface area contributed by atoms with E-state index in [0.717, 1.165) is 16.7 Å². The summed E-state index contributed by atoms with van der Waals surface area (Å²) in [7, 11) is 0. The molecule has 1 heterocycles. The van der Waals surface area contributed by atoms with Crippen molar-refractivity contribution in [1.82, 2.24) is 9.55 Å². The minimum atomic E-state index is -0.0854. The summed E-state index contributed by atoms with van der Waals surface area (Å²) >= 11 is 0. The number of para-hydroxylation sites is 2. The molecule has 0 saturated carbocycles. The number of rotatable bonds is 8. The lowest BCUT2D eigenvalue weighted by Crippen LogP contribution is -2.10. The van der Waals surface area contributed by atoms with E-state index in [2.05, 4.69) is 212 Å². The van der Waals surface area contributed by atoms with Gasteiger partial charge >= 0.3 is 0 Å². The van der Waals surface area contributed by atoms with Crippen LogP contribution in [0.5, 0.6) is 0 Å². The first-order valence-electron chi connectivity index (χ1n) is 19.1. The smallest absolute Gasteiger partial charge is 0.100 e. The zero-order valence-electron chi connectivity index (χ0n) is 31.4. The molecule has 0 bridgehead atoms. The van der Waals surface area contributed by atoms with Gasteiger partial charge in [-0.25, -0.2) is 4.98 Å². The summed E-state index contributed by atoms with van der Waals surface area (Å²) in [5.41, 5.74) is 20.7. The average molecular weight is 707 g/mol. The maximum Gasteiger partial charge on any atom is 0.100 e. The molecule has 1 aromatic heterocycles. The fourth-order valence-electron chi connectivity index (χ4n) is 8.41. The Morgan fingerprint density at radius 3 is 1.42 bits per heavy atom. The molecule has 0 spiro atoms. The van der Waals surface area contributed by atoms with Crippen LogP contribution in [0.2, 0.25) is 0 Å². The minimum absolute atomic E-state index is 0.0854. The Hall–Kier alpha value is -6.77. The molecule has 0 aliphatic carbocycles. The standard InChI is InChI=1S/C53H42N2/c1-36-17-4-7-20-41(36)45-23-10-12-25-47(45)53(48-26-13-11-24-46(48)42-21-8-5-18-37(42)2)49-28-16-27-44(52(49)43-22-9-6-19-38(43)3)39-31-33-40(34-32-39)55-35-54-50-29-14-15-30-51(50)55/h4-35,53H,1-3H3. The monoisotopic (exact) mass is 706 g/mol. The first kappa shape index (κ1) is 34.0. The zero-order valence-corrected chi connectivity index (χ0v) is 31.4. The summed E-state index contributed by atoms with van der Waals surface area (Å²) in [6.45, 7) is 6.68. The number of aryl methyl sites for hydroxylation is 3. The summed E-state index contributed by atoms with van der Waals surface area (Å²) in [6, 6.07) is 68.6. The van der Waals surface area contributed by atoms with Gasteiger partial charge in [0.05, 0.1) is 11.0 Å². The van der Waals surface area contributed by atoms with E-state index in [0.29, 0.717) is 0 Å². The number of imidazole rings is 1. The summed E-state index contributed by atoms with van der Waals surface area (Å²) < 4.78 is 2.17. The Bertz CT molecular complexity index is 2710. The van der Waals surface area contributed by atoms with E-state index < -0.39 is 0 Å². The van der Waals surface area contributed by atoms with Gasteiger partial charge in [0, 0.05) is 11.6 Å². The van der Waals surface area contributed by atoms with Gasteiger partial charge in [0.2, 0.25) is 0 Å². The van der Waals surface area contributed by atoms with Crippen LogP contribution in [-0.2, 0) is 0 Å². The van der Waals surface area contributed by atoms with Crippen molar-refractivity contribution < 1.29 is 0 Å². The van der Waals surface area contributed by atoms with Crippen LogP contribution in [0, 0.1) is 20.8 Å². The molecule has 0 aliphatic heterocycles. The Morgan fingerprint density at radius 1 is 0.382 bits per heavy atom. The van der Waals surface area contributed by atoms with Crippen molar-refractivity contribution in [2.45, 2.75) is 26.7 Å². The van der Waals surface area contributed by atoms with E-state index >= 15 is 0 Å². The van der Waals surface area contributed by atoms with Gasteiger partial charge in [-0.3, -0.25) is 4.57 Å². The molecular weight excluding hydrogens is 665 g/mol. The highest BCUT2D eigenvalue weighted by molar-refractivity contribution is 5.90. The molecule has 8 aromatic carbocycles. The van der Waals surface area contributed by atoms with Gasteiger partial charge in [-0.05, 0) is 123 Å². The van der Waals surface area contributed by atoms with Crippen molar-refractivity contribution in [3.63, 3.8) is 0 Å². The molecule has 0 unspecified atom stereocenters. The summed E-state index contributed by atoms with van der Waals surface area (Å²) in [6.07, 6.45) is 1.92. The predicted octanol–water partition coefficient (Wildman–Crippen LogP) is 13.8. The molecule has 0 N–H and O–H groups in total. The molecule has 0 atom stereocenters. The number of aromatic nitrogens is 2. The third-order valence-corrected chi connectivity index (χ3v) is 11.1. The Labute approximate surface area is 324 Å². The number of nitrogens with zero attached hydrogens (tertiary/aromatic N) is 2. The quantitative estimate of drug-likeness (QED) is 0.144. The highest BCUT2D eigenvalue weighted by Crippen LogP contribution is 2.48. The maximum absolute atomic E-state index is 4.66. The van der Waals surface area contributed by atoms with Gasteiger partial charge in [-0.1, -0.05) is 164 Å². The molecule has 0 radical (unpaired) electrons. The van der Waals surface area contributed by atoms with Crippen molar-refractivity contribution in [3.8, 4) is 50.2 Å². The normalized spacial score (nSPS) is 11.3. The number of fused-ring (bicyclic) bond motifs is 1. The van der Waals surface area contributed by atoms with E-state index in [-0.39, 0.29) is 5.92 Å². The fourth-order valence-corrected chi connectivity index (χ4v) is 8.41. The summed E-state index contributed by atoms with van der Waals surface area (Å²) in [5.74, 6) is -0.0854. The van der Waals surface area contributed by atoms with Crippen molar-refractivity contribution in [3.05, 3.63) is 228 Å². The van der Waals surface area contributed by atoms with Crippen LogP contribution in [0.4, 0.5) is 0 Å². The molecule has 2 nitrogen and oxygen atoms in total. The maximum atomic E-state index is 4.66. The molecule has 0 fully saturated rings. The molecule has 9 aromatic rings. The van der Waals surface area contributed by atoms with E-state index in [9.17, 15) is 0 Å². The lowest BCUT2D eigenvalue weighted by atomic mass is 9.74. The van der Waals surface area contributed by atoms with Gasteiger partial charge in [-0.15, -0.1) is 0 Å². The first-order chi connectivity index (χ1) is 27.1. The summed E-state index contributed by atoms with van der Waals surface area (Å²) in [5, 5.41) is 0. The fraction of sp³-hybridized carbons (Fsp3) is 0.0755. The molecular formula is C53H42N2. The van der Waals surface area contributed by atoms with E-state index in [1.165, 1.54) is 77.9 Å². The zero-order chi connectivity index (χ0) is 37.3. The van der Waals surface area contributed by atoms with Gasteiger partial charge in [-0.2, -0.15) is 0 Å². The molecule has 0 aliphatic rings. The Morgan fingerprint density at radius 2 is 0.836 bits per heavy atom. The molecule has 264 valence electrons. The van der Waals surface area contributed by atoms with Gasteiger partial charge in [0.15, 0.2) is 0 Å². The van der Waals surface area contributed by atoms with Crippen LogP contribution >= 0.6 is 0 Å². The third kappa shape index (κ3) is 6.26. The molecule has 0 amide bonds. The van der Waals surface area contributed by atoms with Crippen molar-refractivity contribution >= 4 is 11.0 Å². The highest BCUT2D eigenvalue weighted by Gasteiger charge is 2.28. The second-order valence-electron chi connectivity index (χ2n) is 14.5. The molecule has 2 heteroatoms. The van der Waals surface area contributed by atoms with Crippen LogP contribution in [0.3, 0.4) is 0 Å². The predicted molar refractivity (Wildman–Crippen MR) is 231 cm³/mol.